The highest BCUT2D eigenvalue weighted by molar-refractivity contribution is 7.99. The molecule has 0 aliphatic carbocycles. The van der Waals surface area contributed by atoms with Crippen LogP contribution in [0.4, 0.5) is 11.4 Å². The van der Waals surface area contributed by atoms with Crippen molar-refractivity contribution in [3.05, 3.63) is 30.5 Å². The Morgan fingerprint density at radius 2 is 2.11 bits per heavy atom. The van der Waals surface area contributed by atoms with E-state index in [2.05, 4.69) is 30.4 Å². The molecule has 0 saturated carbocycles. The van der Waals surface area contributed by atoms with Crippen molar-refractivity contribution in [2.75, 3.05) is 23.9 Å². The lowest BCUT2D eigenvalue weighted by Crippen LogP contribution is -2.25. The van der Waals surface area contributed by atoms with Gasteiger partial charge < -0.3 is 11.1 Å². The molecule has 0 aliphatic heterocycles. The number of nitrogens with zero attached hydrogens (tertiary/aromatic N) is 1. The molecule has 0 radical (unpaired) electrons. The van der Waals surface area contributed by atoms with Crippen LogP contribution < -0.4 is 11.1 Å². The van der Waals surface area contributed by atoms with Crippen LogP contribution in [0.5, 0.6) is 0 Å². The Hall–Kier alpha value is -1.42. The summed E-state index contributed by atoms with van der Waals surface area (Å²) in [6.45, 7) is 5.33. The fourth-order valence-corrected chi connectivity index (χ4v) is 1.93. The molecule has 0 aliphatic rings. The van der Waals surface area contributed by atoms with Gasteiger partial charge in [-0.3, -0.25) is 4.98 Å². The summed E-state index contributed by atoms with van der Waals surface area (Å²) in [5.74, 6) is 0. The minimum atomic E-state index is 0.197. The molecule has 0 saturated heterocycles. The summed E-state index contributed by atoms with van der Waals surface area (Å²) in [5.41, 5.74) is 8.72. The third-order valence-corrected chi connectivity index (χ3v) is 4.31. The molecule has 1 aromatic carbocycles. The molecular formula is C14H19N3S. The average Bonchev–Trinajstić information content (AvgIpc) is 2.38. The van der Waals surface area contributed by atoms with Gasteiger partial charge in [0, 0.05) is 28.6 Å². The maximum atomic E-state index is 5.96. The first kappa shape index (κ1) is 13.0. The van der Waals surface area contributed by atoms with Crippen LogP contribution in [-0.2, 0) is 0 Å². The van der Waals surface area contributed by atoms with Crippen molar-refractivity contribution in [1.29, 1.82) is 0 Å². The number of nitrogens with two attached hydrogens (primary N) is 1. The van der Waals surface area contributed by atoms with E-state index in [1.54, 1.807) is 6.20 Å². The van der Waals surface area contributed by atoms with E-state index in [-0.39, 0.29) is 4.75 Å². The molecule has 0 amide bonds. The summed E-state index contributed by atoms with van der Waals surface area (Å²) in [7, 11) is 0. The smallest absolute Gasteiger partial charge is 0.0953 e. The Morgan fingerprint density at radius 1 is 1.33 bits per heavy atom. The number of aromatic nitrogens is 1. The molecule has 2 rings (SSSR count). The number of anilines is 2. The van der Waals surface area contributed by atoms with E-state index in [1.807, 2.05) is 36.0 Å². The molecule has 0 bridgehead atoms. The van der Waals surface area contributed by atoms with Crippen LogP contribution in [0, 0.1) is 0 Å². The second kappa shape index (κ2) is 5.06. The minimum absolute atomic E-state index is 0.197. The molecule has 0 spiro atoms. The highest BCUT2D eigenvalue weighted by Crippen LogP contribution is 2.28. The van der Waals surface area contributed by atoms with Crippen molar-refractivity contribution in [1.82, 2.24) is 4.98 Å². The van der Waals surface area contributed by atoms with Gasteiger partial charge in [0.2, 0.25) is 0 Å². The topological polar surface area (TPSA) is 50.9 Å². The molecule has 2 aromatic rings. The van der Waals surface area contributed by atoms with E-state index < -0.39 is 0 Å². The van der Waals surface area contributed by atoms with Gasteiger partial charge in [0.05, 0.1) is 11.2 Å². The van der Waals surface area contributed by atoms with Gasteiger partial charge in [-0.05, 0) is 44.4 Å². The first-order valence-corrected chi connectivity index (χ1v) is 7.18. The number of hydrogen-bond acceptors (Lipinski definition) is 4. The predicted octanol–water partition coefficient (Wildman–Crippen LogP) is 3.37. The number of rotatable bonds is 4. The number of fused-ring (bicyclic) bond motifs is 1. The SMILES string of the molecule is CSC(C)(C)CNc1ccc(N)c2cccnc12. The van der Waals surface area contributed by atoms with E-state index in [0.717, 1.165) is 28.8 Å². The Morgan fingerprint density at radius 3 is 2.83 bits per heavy atom. The van der Waals surface area contributed by atoms with Gasteiger partial charge in [-0.1, -0.05) is 0 Å². The Balaban J connectivity index is 2.32. The molecule has 18 heavy (non-hydrogen) atoms. The normalized spacial score (nSPS) is 11.7. The van der Waals surface area contributed by atoms with Gasteiger partial charge in [-0.2, -0.15) is 11.8 Å². The molecular weight excluding hydrogens is 242 g/mol. The van der Waals surface area contributed by atoms with Gasteiger partial charge in [0.15, 0.2) is 0 Å². The Bertz CT molecular complexity index is 552. The number of nitrogen functional groups attached to an aromatic ring is 1. The fourth-order valence-electron chi connectivity index (χ4n) is 1.72. The third-order valence-electron chi connectivity index (χ3n) is 3.06. The zero-order valence-electron chi connectivity index (χ0n) is 11.0. The number of nitrogens with one attached hydrogen (secondary N) is 1. The second-order valence-corrected chi connectivity index (χ2v) is 6.43. The summed E-state index contributed by atoms with van der Waals surface area (Å²) < 4.78 is 0.197. The number of hydrogen-bond donors (Lipinski definition) is 2. The van der Waals surface area contributed by atoms with Crippen molar-refractivity contribution in [3.8, 4) is 0 Å². The highest BCUT2D eigenvalue weighted by Gasteiger charge is 2.16. The fraction of sp³-hybridized carbons (Fsp3) is 0.357. The lowest BCUT2D eigenvalue weighted by atomic mass is 10.1. The number of benzene rings is 1. The maximum Gasteiger partial charge on any atom is 0.0953 e. The van der Waals surface area contributed by atoms with E-state index in [1.165, 1.54) is 0 Å². The molecule has 0 unspecified atom stereocenters. The van der Waals surface area contributed by atoms with Crippen LogP contribution in [0.1, 0.15) is 13.8 Å². The Labute approximate surface area is 112 Å². The van der Waals surface area contributed by atoms with Crippen molar-refractivity contribution in [2.24, 2.45) is 0 Å². The molecule has 1 heterocycles. The first-order valence-electron chi connectivity index (χ1n) is 5.96. The van der Waals surface area contributed by atoms with E-state index in [4.69, 9.17) is 5.73 Å². The van der Waals surface area contributed by atoms with Gasteiger partial charge in [-0.15, -0.1) is 0 Å². The van der Waals surface area contributed by atoms with Crippen LogP contribution in [0.15, 0.2) is 30.5 Å². The lowest BCUT2D eigenvalue weighted by Gasteiger charge is -2.23. The summed E-state index contributed by atoms with van der Waals surface area (Å²) in [4.78, 5) is 4.42. The quantitative estimate of drug-likeness (QED) is 0.829. The highest BCUT2D eigenvalue weighted by atomic mass is 32.2. The number of pyridine rings is 1. The molecule has 3 nitrogen and oxygen atoms in total. The predicted molar refractivity (Wildman–Crippen MR) is 82.2 cm³/mol. The van der Waals surface area contributed by atoms with Crippen molar-refractivity contribution in [2.45, 2.75) is 18.6 Å². The van der Waals surface area contributed by atoms with E-state index in [9.17, 15) is 0 Å². The molecule has 3 N–H and O–H groups in total. The summed E-state index contributed by atoms with van der Waals surface area (Å²) in [6, 6.07) is 7.84. The van der Waals surface area contributed by atoms with Crippen molar-refractivity contribution < 1.29 is 0 Å². The van der Waals surface area contributed by atoms with Crippen LogP contribution in [0.2, 0.25) is 0 Å². The molecule has 0 atom stereocenters. The second-order valence-electron chi connectivity index (χ2n) is 4.92. The van der Waals surface area contributed by atoms with Crippen molar-refractivity contribution >= 4 is 34.0 Å². The summed E-state index contributed by atoms with van der Waals surface area (Å²) >= 11 is 1.85. The third kappa shape index (κ3) is 2.70. The van der Waals surface area contributed by atoms with Gasteiger partial charge in [0.1, 0.15) is 0 Å². The van der Waals surface area contributed by atoms with Gasteiger partial charge in [-0.25, -0.2) is 0 Å². The Kier molecular flexibility index (Phi) is 3.66. The van der Waals surface area contributed by atoms with Crippen molar-refractivity contribution in [3.63, 3.8) is 0 Å². The zero-order valence-corrected chi connectivity index (χ0v) is 11.8. The van der Waals surface area contributed by atoms with Crippen LogP contribution >= 0.6 is 11.8 Å². The maximum absolute atomic E-state index is 5.96. The van der Waals surface area contributed by atoms with Crippen LogP contribution in [0.25, 0.3) is 10.9 Å². The van der Waals surface area contributed by atoms with Crippen LogP contribution in [0.3, 0.4) is 0 Å². The largest absolute Gasteiger partial charge is 0.398 e. The van der Waals surface area contributed by atoms with E-state index in [0.29, 0.717) is 0 Å². The zero-order chi connectivity index (χ0) is 13.2. The standard InChI is InChI=1S/C14H19N3S/c1-14(2,18-3)9-17-12-7-6-11(15)10-5-4-8-16-13(10)12/h4-8,17H,9,15H2,1-3H3. The molecule has 0 fully saturated rings. The molecule has 4 heteroatoms. The molecule has 1 aromatic heterocycles. The first-order chi connectivity index (χ1) is 8.53. The van der Waals surface area contributed by atoms with Gasteiger partial charge >= 0.3 is 0 Å². The summed E-state index contributed by atoms with van der Waals surface area (Å²) in [5, 5.41) is 4.47. The van der Waals surface area contributed by atoms with Crippen LogP contribution in [-0.4, -0.2) is 22.5 Å². The lowest BCUT2D eigenvalue weighted by molar-refractivity contribution is 0.753. The van der Waals surface area contributed by atoms with Gasteiger partial charge in [0.25, 0.3) is 0 Å². The summed E-state index contributed by atoms with van der Waals surface area (Å²) in [6.07, 6.45) is 3.92. The molecule has 96 valence electrons. The average molecular weight is 261 g/mol. The minimum Gasteiger partial charge on any atom is -0.398 e. The number of thioether (sulfide) groups is 1. The van der Waals surface area contributed by atoms with E-state index >= 15 is 0 Å². The monoisotopic (exact) mass is 261 g/mol.